The second-order valence-electron chi connectivity index (χ2n) is 25.6. The lowest BCUT2D eigenvalue weighted by Gasteiger charge is -2.18. The zero-order valence-corrected chi connectivity index (χ0v) is 56.2. The molecule has 0 radical (unpaired) electrons. The number of allylic oxidation sites excluding steroid dienone is 6. The smallest absolute Gasteiger partial charge is 0.306 e. The van der Waals surface area contributed by atoms with Crippen LogP contribution in [-0.4, -0.2) is 37.2 Å². The molecule has 0 saturated heterocycles. The fourth-order valence-corrected chi connectivity index (χ4v) is 11.5. The summed E-state index contributed by atoms with van der Waals surface area (Å²) in [5.41, 5.74) is 0. The minimum Gasteiger partial charge on any atom is -0.462 e. The minimum absolute atomic E-state index is 0.0661. The largest absolute Gasteiger partial charge is 0.462 e. The summed E-state index contributed by atoms with van der Waals surface area (Å²) in [7, 11) is 0. The maximum atomic E-state index is 12.9. The van der Waals surface area contributed by atoms with E-state index in [1.165, 1.54) is 315 Å². The fraction of sp³-hybridized carbons (Fsp3) is 0.883. The summed E-state index contributed by atoms with van der Waals surface area (Å²) in [6.07, 6.45) is 90.9. The van der Waals surface area contributed by atoms with Gasteiger partial charge in [0.1, 0.15) is 13.2 Å². The van der Waals surface area contributed by atoms with Gasteiger partial charge in [-0.05, 0) is 77.0 Å². The lowest BCUT2D eigenvalue weighted by Crippen LogP contribution is -2.30. The van der Waals surface area contributed by atoms with Crippen LogP contribution >= 0.6 is 0 Å². The van der Waals surface area contributed by atoms with Crippen molar-refractivity contribution in [3.05, 3.63) is 36.5 Å². The first-order valence-electron chi connectivity index (χ1n) is 37.5. The summed E-state index contributed by atoms with van der Waals surface area (Å²) in [6.45, 7) is 6.66. The maximum absolute atomic E-state index is 12.9. The second-order valence-corrected chi connectivity index (χ2v) is 25.6. The van der Waals surface area contributed by atoms with Crippen molar-refractivity contribution in [3.8, 4) is 0 Å². The number of carbonyl (C=O) groups is 3. The van der Waals surface area contributed by atoms with Gasteiger partial charge in [0, 0.05) is 19.3 Å². The van der Waals surface area contributed by atoms with Gasteiger partial charge in [-0.1, -0.05) is 359 Å². The average molecular weight is 1170 g/mol. The molecule has 0 aliphatic rings. The molecule has 1 unspecified atom stereocenters. The van der Waals surface area contributed by atoms with Gasteiger partial charge < -0.3 is 14.2 Å². The van der Waals surface area contributed by atoms with Crippen molar-refractivity contribution in [3.63, 3.8) is 0 Å². The van der Waals surface area contributed by atoms with E-state index in [4.69, 9.17) is 14.2 Å². The van der Waals surface area contributed by atoms with Crippen molar-refractivity contribution >= 4 is 17.9 Å². The highest BCUT2D eigenvalue weighted by Crippen LogP contribution is 2.19. The van der Waals surface area contributed by atoms with Gasteiger partial charge >= 0.3 is 17.9 Å². The Morgan fingerprint density at radius 1 is 0.241 bits per heavy atom. The molecule has 0 N–H and O–H groups in total. The highest BCUT2D eigenvalue weighted by molar-refractivity contribution is 5.71. The van der Waals surface area contributed by atoms with Gasteiger partial charge in [0.05, 0.1) is 0 Å². The van der Waals surface area contributed by atoms with Crippen molar-refractivity contribution in [2.75, 3.05) is 13.2 Å². The number of carbonyl (C=O) groups excluding carboxylic acids is 3. The third-order valence-corrected chi connectivity index (χ3v) is 17.1. The van der Waals surface area contributed by atoms with Crippen molar-refractivity contribution in [1.29, 1.82) is 0 Å². The topological polar surface area (TPSA) is 78.9 Å². The summed E-state index contributed by atoms with van der Waals surface area (Å²) >= 11 is 0. The molecule has 0 aromatic rings. The molecular formula is C77H144O6. The molecule has 6 heteroatoms. The van der Waals surface area contributed by atoms with Crippen LogP contribution < -0.4 is 0 Å². The summed E-state index contributed by atoms with van der Waals surface area (Å²) in [5, 5.41) is 0. The molecule has 1 atom stereocenters. The number of rotatable bonds is 70. The summed E-state index contributed by atoms with van der Waals surface area (Å²) in [5.74, 6) is -0.844. The van der Waals surface area contributed by atoms with Crippen LogP contribution in [0.3, 0.4) is 0 Å². The molecule has 0 fully saturated rings. The summed E-state index contributed by atoms with van der Waals surface area (Å²) in [6, 6.07) is 0. The van der Waals surface area contributed by atoms with E-state index >= 15 is 0 Å². The van der Waals surface area contributed by atoms with E-state index in [9.17, 15) is 14.4 Å². The number of ether oxygens (including phenoxy) is 3. The van der Waals surface area contributed by atoms with Crippen LogP contribution in [0.15, 0.2) is 36.5 Å². The van der Waals surface area contributed by atoms with Crippen molar-refractivity contribution in [2.24, 2.45) is 0 Å². The van der Waals surface area contributed by atoms with Gasteiger partial charge in [0.25, 0.3) is 0 Å². The molecule has 0 aliphatic carbocycles. The van der Waals surface area contributed by atoms with Gasteiger partial charge in [0.15, 0.2) is 6.10 Å². The minimum atomic E-state index is -0.768. The normalized spacial score (nSPS) is 12.2. The number of esters is 3. The van der Waals surface area contributed by atoms with Gasteiger partial charge in [-0.3, -0.25) is 14.4 Å². The van der Waals surface area contributed by atoms with Crippen molar-refractivity contribution in [1.82, 2.24) is 0 Å². The third kappa shape index (κ3) is 70.3. The third-order valence-electron chi connectivity index (χ3n) is 17.1. The molecule has 6 nitrogen and oxygen atoms in total. The van der Waals surface area contributed by atoms with Crippen molar-refractivity contribution < 1.29 is 28.6 Å². The van der Waals surface area contributed by atoms with Crippen LogP contribution in [0.5, 0.6) is 0 Å². The Kier molecular flexibility index (Phi) is 70.0. The van der Waals surface area contributed by atoms with Gasteiger partial charge in [-0.15, -0.1) is 0 Å². The molecule has 0 spiro atoms. The van der Waals surface area contributed by atoms with Crippen LogP contribution in [0.4, 0.5) is 0 Å². The summed E-state index contributed by atoms with van der Waals surface area (Å²) < 4.78 is 16.9. The van der Waals surface area contributed by atoms with E-state index in [0.717, 1.165) is 64.2 Å². The number of hydrogen-bond donors (Lipinski definition) is 0. The predicted molar refractivity (Wildman–Crippen MR) is 362 cm³/mol. The average Bonchev–Trinajstić information content (AvgIpc) is 3.49. The second kappa shape index (κ2) is 72.1. The predicted octanol–water partition coefficient (Wildman–Crippen LogP) is 25.9. The molecular weight excluding hydrogens is 1020 g/mol. The Hall–Kier alpha value is -2.37. The Morgan fingerprint density at radius 3 is 0.675 bits per heavy atom. The van der Waals surface area contributed by atoms with Gasteiger partial charge in [-0.25, -0.2) is 0 Å². The Labute approximate surface area is 518 Å². The fourth-order valence-electron chi connectivity index (χ4n) is 11.5. The van der Waals surface area contributed by atoms with Crippen LogP contribution in [0.25, 0.3) is 0 Å². The first-order valence-corrected chi connectivity index (χ1v) is 37.5. The molecule has 0 rings (SSSR count). The highest BCUT2D eigenvalue weighted by atomic mass is 16.6. The van der Waals surface area contributed by atoms with E-state index in [0.29, 0.717) is 19.3 Å². The van der Waals surface area contributed by atoms with Crippen LogP contribution in [0.1, 0.15) is 419 Å². The Morgan fingerprint density at radius 2 is 0.434 bits per heavy atom. The molecule has 83 heavy (non-hydrogen) atoms. The molecule has 0 amide bonds. The molecule has 0 aromatic carbocycles. The summed E-state index contributed by atoms with van der Waals surface area (Å²) in [4.78, 5) is 38.2. The standard InChI is InChI=1S/C77H144O6/c1-4-7-10-13-16-18-20-22-24-26-28-30-32-34-36-37-38-39-41-42-44-46-48-50-52-54-56-58-61-64-67-70-76(79)82-73-74(72-81-75(78)69-66-63-60-15-12-9-6-3)83-77(80)71-68-65-62-59-57-55-53-51-49-47-45-43-40-35-33-31-29-27-25-23-21-19-17-14-11-8-5-2/h21,23,26-29,74H,4-20,22,24-25,30-73H2,1-3H3/b23-21-,28-26-,29-27-. The number of unbranched alkanes of at least 4 members (excludes halogenated alkanes) is 53. The van der Waals surface area contributed by atoms with E-state index < -0.39 is 6.10 Å². The highest BCUT2D eigenvalue weighted by Gasteiger charge is 2.20. The first-order chi connectivity index (χ1) is 41.0. The quantitative estimate of drug-likeness (QED) is 0.0261. The van der Waals surface area contributed by atoms with E-state index in [1.807, 2.05) is 0 Å². The van der Waals surface area contributed by atoms with Crippen LogP contribution in [-0.2, 0) is 28.6 Å². The monoisotopic (exact) mass is 1170 g/mol. The molecule has 0 saturated carbocycles. The van der Waals surface area contributed by atoms with Crippen LogP contribution in [0.2, 0.25) is 0 Å². The maximum Gasteiger partial charge on any atom is 0.306 e. The SMILES string of the molecule is CCCCCCC/C=C\C/C=C\CCCCCCCCCCCCCCCCCC(=O)OC(COC(=O)CCCCCCCCC)COC(=O)CCCCCCCCCCCCCCCCCCCCC/C=C\CCCCCCCCCC. The zero-order valence-electron chi connectivity index (χ0n) is 56.2. The molecule has 0 bridgehead atoms. The van der Waals surface area contributed by atoms with Crippen molar-refractivity contribution in [2.45, 2.75) is 425 Å². The van der Waals surface area contributed by atoms with Crippen LogP contribution in [0, 0.1) is 0 Å². The number of hydrogen-bond acceptors (Lipinski definition) is 6. The molecule has 0 aliphatic heterocycles. The Balaban J connectivity index is 3.98. The lowest BCUT2D eigenvalue weighted by atomic mass is 10.0. The molecule has 488 valence electrons. The van der Waals surface area contributed by atoms with Gasteiger partial charge in [-0.2, -0.15) is 0 Å². The zero-order chi connectivity index (χ0) is 59.9. The van der Waals surface area contributed by atoms with E-state index in [-0.39, 0.29) is 31.1 Å². The lowest BCUT2D eigenvalue weighted by molar-refractivity contribution is -0.167. The first kappa shape index (κ1) is 80.6. The van der Waals surface area contributed by atoms with Gasteiger partial charge in [0.2, 0.25) is 0 Å². The Bertz CT molecular complexity index is 1380. The molecule has 0 heterocycles. The molecule has 0 aromatic heterocycles. The van der Waals surface area contributed by atoms with E-state index in [1.54, 1.807) is 0 Å². The van der Waals surface area contributed by atoms with E-state index in [2.05, 4.69) is 57.2 Å².